The molecule has 0 unspecified atom stereocenters. The lowest BCUT2D eigenvalue weighted by Gasteiger charge is -2.25. The van der Waals surface area contributed by atoms with Gasteiger partial charge in [-0.2, -0.15) is 0 Å². The van der Waals surface area contributed by atoms with Crippen molar-refractivity contribution >= 4 is 40.9 Å². The van der Waals surface area contributed by atoms with Crippen LogP contribution in [0.15, 0.2) is 54.7 Å². The van der Waals surface area contributed by atoms with E-state index in [4.69, 9.17) is 11.6 Å². The Bertz CT molecular complexity index is 1750. The van der Waals surface area contributed by atoms with E-state index in [-0.39, 0.29) is 40.8 Å². The lowest BCUT2D eigenvalue weighted by Crippen LogP contribution is -2.34. The van der Waals surface area contributed by atoms with Crippen molar-refractivity contribution in [2.75, 3.05) is 17.7 Å². The molecular weight excluding hydrogens is 593 g/mol. The summed E-state index contributed by atoms with van der Waals surface area (Å²) >= 11 is 5.93. The van der Waals surface area contributed by atoms with Crippen molar-refractivity contribution in [3.05, 3.63) is 82.6 Å². The molecule has 44 heavy (non-hydrogen) atoms. The first-order valence-electron chi connectivity index (χ1n) is 13.7. The number of nitrogens with one attached hydrogen (secondary N) is 3. The second kappa shape index (κ2) is 12.8. The maximum Gasteiger partial charge on any atom is 0.411 e. The normalized spacial score (nSPS) is 18.2. The summed E-state index contributed by atoms with van der Waals surface area (Å²) in [6.45, 7) is 3.26. The molecule has 0 radical (unpaired) electrons. The van der Waals surface area contributed by atoms with Gasteiger partial charge in [-0.3, -0.25) is 19.9 Å². The predicted octanol–water partition coefficient (Wildman–Crippen LogP) is 4.81. The van der Waals surface area contributed by atoms with E-state index < -0.39 is 35.9 Å². The van der Waals surface area contributed by atoms with Gasteiger partial charge in [0, 0.05) is 23.4 Å². The topological polar surface area (TPSA) is 160 Å². The number of aliphatic hydroxyl groups is 1. The summed E-state index contributed by atoms with van der Waals surface area (Å²) in [6, 6.07) is 12.1. The second-order valence-electron chi connectivity index (χ2n) is 10.4. The number of aliphatic hydroxyl groups excluding tert-OH is 1. The first-order valence-corrected chi connectivity index (χ1v) is 14.0. The Labute approximate surface area is 256 Å². The Morgan fingerprint density at radius 3 is 2.75 bits per heavy atom. The summed E-state index contributed by atoms with van der Waals surface area (Å²) in [7, 11) is 1.24. The number of pyridine rings is 1. The SMILES string of the molecule is COC(=O)Nc1ccc2c(c1)NC(=O)[C@H](C)C[C@@H](O)C[C@H](NC(=O)c1nnn(-c3cccc(Cl)c3F)c1C)c1cc-2ccn1. The Morgan fingerprint density at radius 2 is 1.98 bits per heavy atom. The van der Waals surface area contributed by atoms with Crippen LogP contribution in [0.4, 0.5) is 20.6 Å². The summed E-state index contributed by atoms with van der Waals surface area (Å²) in [5.41, 5.74) is 2.82. The number of methoxy groups -OCH3 is 1. The van der Waals surface area contributed by atoms with E-state index >= 15 is 0 Å². The van der Waals surface area contributed by atoms with Gasteiger partial charge in [0.2, 0.25) is 5.91 Å². The van der Waals surface area contributed by atoms with Crippen molar-refractivity contribution in [3.63, 3.8) is 0 Å². The Balaban J connectivity index is 1.51. The zero-order valence-electron chi connectivity index (χ0n) is 24.0. The fraction of sp³-hybridized carbons (Fsp3) is 0.267. The number of carbonyl (C=O) groups excluding carboxylic acids is 3. The van der Waals surface area contributed by atoms with Gasteiger partial charge in [-0.1, -0.05) is 35.9 Å². The van der Waals surface area contributed by atoms with Gasteiger partial charge in [-0.05, 0) is 61.7 Å². The van der Waals surface area contributed by atoms with Gasteiger partial charge in [0.1, 0.15) is 5.69 Å². The van der Waals surface area contributed by atoms with Crippen LogP contribution in [-0.4, -0.2) is 56.2 Å². The minimum absolute atomic E-state index is 0.0354. The van der Waals surface area contributed by atoms with Crippen LogP contribution in [0.3, 0.4) is 0 Å². The molecule has 0 fully saturated rings. The number of amides is 3. The number of fused-ring (bicyclic) bond motifs is 4. The number of hydrogen-bond acceptors (Lipinski definition) is 8. The smallest absolute Gasteiger partial charge is 0.411 e. The van der Waals surface area contributed by atoms with Crippen molar-refractivity contribution in [3.8, 4) is 16.8 Å². The van der Waals surface area contributed by atoms with Crippen LogP contribution in [0.5, 0.6) is 0 Å². The van der Waals surface area contributed by atoms with Crippen LogP contribution in [0.25, 0.3) is 16.8 Å². The zero-order chi connectivity index (χ0) is 31.5. The highest BCUT2D eigenvalue weighted by Crippen LogP contribution is 2.34. The van der Waals surface area contributed by atoms with Gasteiger partial charge >= 0.3 is 6.09 Å². The maximum atomic E-state index is 14.7. The lowest BCUT2D eigenvalue weighted by molar-refractivity contribution is -0.120. The molecule has 3 amide bonds. The number of ether oxygens (including phenoxy) is 1. The molecule has 4 aromatic rings. The molecule has 0 spiro atoms. The third kappa shape index (κ3) is 6.38. The molecule has 2 aromatic heterocycles. The Hall–Kier alpha value is -4.88. The van der Waals surface area contributed by atoms with Crippen molar-refractivity contribution < 1.29 is 28.6 Å². The highest BCUT2D eigenvalue weighted by molar-refractivity contribution is 6.30. The fourth-order valence-electron chi connectivity index (χ4n) is 5.00. The van der Waals surface area contributed by atoms with Gasteiger partial charge < -0.3 is 20.5 Å². The molecule has 1 aliphatic heterocycles. The van der Waals surface area contributed by atoms with Crippen LogP contribution in [-0.2, 0) is 9.53 Å². The molecule has 0 saturated carbocycles. The van der Waals surface area contributed by atoms with Gasteiger partial charge in [0.05, 0.1) is 41.4 Å². The van der Waals surface area contributed by atoms with Gasteiger partial charge in [0.15, 0.2) is 11.5 Å². The van der Waals surface area contributed by atoms with E-state index in [9.17, 15) is 23.9 Å². The molecule has 5 rings (SSSR count). The minimum atomic E-state index is -0.991. The van der Waals surface area contributed by atoms with E-state index in [0.717, 1.165) is 0 Å². The molecule has 14 heteroatoms. The number of anilines is 2. The molecular formula is C30H29ClFN7O5. The standard InChI is InChI=1S/C30H29ClFN7O5/c1-15-11-19(40)14-24(36-29(42)27-16(2)39(38-37-27)25-6-4-5-21(31)26(25)32)23-12-17(9-10-33-23)20-8-7-18(34-30(43)44-3)13-22(20)35-28(15)41/h4-10,12-13,15,19,24,40H,11,14H2,1-3H3,(H,34,43)(H,35,41)(H,36,42)/t15-,19-,24+/m1/s1. The summed E-state index contributed by atoms with van der Waals surface area (Å²) in [6.07, 6.45) is 0.0375. The molecule has 12 nitrogen and oxygen atoms in total. The number of aromatic nitrogens is 4. The largest absolute Gasteiger partial charge is 0.453 e. The number of carbonyl (C=O) groups is 3. The second-order valence-corrected chi connectivity index (χ2v) is 10.8. The van der Waals surface area contributed by atoms with Crippen LogP contribution in [0.2, 0.25) is 5.02 Å². The number of rotatable bonds is 4. The fourth-order valence-corrected chi connectivity index (χ4v) is 5.17. The van der Waals surface area contributed by atoms with E-state index in [1.807, 2.05) is 0 Å². The third-order valence-corrected chi connectivity index (χ3v) is 7.61. The van der Waals surface area contributed by atoms with E-state index in [2.05, 4.69) is 36.0 Å². The molecule has 4 N–H and O–H groups in total. The average Bonchev–Trinajstić information content (AvgIpc) is 3.38. The highest BCUT2D eigenvalue weighted by Gasteiger charge is 2.28. The van der Waals surface area contributed by atoms with Crippen molar-refractivity contribution in [2.45, 2.75) is 38.8 Å². The summed E-state index contributed by atoms with van der Waals surface area (Å²) < 4.78 is 20.5. The van der Waals surface area contributed by atoms with Crippen LogP contribution >= 0.6 is 11.6 Å². The van der Waals surface area contributed by atoms with Crippen molar-refractivity contribution in [2.24, 2.45) is 5.92 Å². The monoisotopic (exact) mass is 621 g/mol. The van der Waals surface area contributed by atoms with Crippen LogP contribution in [0, 0.1) is 18.7 Å². The summed E-state index contributed by atoms with van der Waals surface area (Å²) in [5, 5.41) is 27.2. The number of benzene rings is 2. The molecule has 2 aromatic carbocycles. The predicted molar refractivity (Wildman–Crippen MR) is 160 cm³/mol. The Kier molecular flexibility index (Phi) is 8.88. The van der Waals surface area contributed by atoms with Gasteiger partial charge in [-0.15, -0.1) is 5.10 Å². The number of hydrogen-bond donors (Lipinski definition) is 4. The lowest BCUT2D eigenvalue weighted by atomic mass is 9.93. The first-order chi connectivity index (χ1) is 21.0. The molecule has 228 valence electrons. The number of halogens is 2. The van der Waals surface area contributed by atoms with Crippen LogP contribution < -0.4 is 16.0 Å². The van der Waals surface area contributed by atoms with E-state index in [1.54, 1.807) is 56.4 Å². The molecule has 3 atom stereocenters. The summed E-state index contributed by atoms with van der Waals surface area (Å²) in [4.78, 5) is 42.9. The van der Waals surface area contributed by atoms with E-state index in [1.165, 1.54) is 23.9 Å². The zero-order valence-corrected chi connectivity index (χ0v) is 24.7. The van der Waals surface area contributed by atoms with Crippen molar-refractivity contribution in [1.82, 2.24) is 25.3 Å². The number of nitrogens with zero attached hydrogens (tertiary/aromatic N) is 4. The molecule has 0 saturated heterocycles. The highest BCUT2D eigenvalue weighted by atomic mass is 35.5. The molecule has 1 aliphatic rings. The van der Waals surface area contributed by atoms with Crippen molar-refractivity contribution in [1.29, 1.82) is 0 Å². The third-order valence-electron chi connectivity index (χ3n) is 7.31. The van der Waals surface area contributed by atoms with Gasteiger partial charge in [0.25, 0.3) is 5.91 Å². The van der Waals surface area contributed by atoms with Gasteiger partial charge in [-0.25, -0.2) is 13.9 Å². The first kappa shape index (κ1) is 30.6. The van der Waals surface area contributed by atoms with E-state index in [0.29, 0.717) is 28.2 Å². The molecule has 0 aliphatic carbocycles. The average molecular weight is 622 g/mol. The Morgan fingerprint density at radius 1 is 1.18 bits per heavy atom. The molecule has 2 bridgehead atoms. The maximum absolute atomic E-state index is 14.7. The van der Waals surface area contributed by atoms with Crippen LogP contribution in [0.1, 0.15) is 47.7 Å². The quantitative estimate of drug-likeness (QED) is 0.253. The summed E-state index contributed by atoms with van der Waals surface area (Å²) in [5.74, 6) is -2.26. The minimum Gasteiger partial charge on any atom is -0.453 e. The molecule has 3 heterocycles.